The number of aryl methyl sites for hydroxylation is 2. The Labute approximate surface area is 224 Å². The monoisotopic (exact) mass is 541 g/mol. The molecule has 5 N–H and O–H groups in total. The zero-order valence-electron chi connectivity index (χ0n) is 20.9. The third kappa shape index (κ3) is 7.14. The lowest BCUT2D eigenvalue weighted by molar-refractivity contribution is 0.211. The second-order valence-electron chi connectivity index (χ2n) is 9.29. The van der Waals surface area contributed by atoms with E-state index < -0.39 is 10.0 Å². The van der Waals surface area contributed by atoms with E-state index in [1.807, 2.05) is 56.3 Å². The quantitative estimate of drug-likeness (QED) is 0.369. The fourth-order valence-corrected chi connectivity index (χ4v) is 5.03. The van der Waals surface area contributed by atoms with Crippen molar-refractivity contribution in [2.75, 3.05) is 24.1 Å². The Morgan fingerprint density at radius 1 is 1.05 bits per heavy atom. The summed E-state index contributed by atoms with van der Waals surface area (Å²) in [6.45, 7) is 6.44. The summed E-state index contributed by atoms with van der Waals surface area (Å²) in [4.78, 5) is 2.48. The minimum Gasteiger partial charge on any atom is -0.457 e. The number of nitrogens with one attached hydrogen (secondary N) is 1. The molecule has 1 aliphatic rings. The normalized spacial score (nSPS) is 14.4. The molecule has 0 spiro atoms. The molecule has 0 aliphatic carbocycles. The highest BCUT2D eigenvalue weighted by Gasteiger charge is 2.20. The Balaban J connectivity index is 0.00000380. The molecule has 1 aliphatic heterocycles. The van der Waals surface area contributed by atoms with Crippen LogP contribution in [0.15, 0.2) is 59.5 Å². The van der Waals surface area contributed by atoms with Crippen molar-refractivity contribution in [2.45, 2.75) is 44.2 Å². The second kappa shape index (κ2) is 11.8. The number of likely N-dealkylation sites (tertiary alicyclic amines) is 1. The molecule has 1 saturated heterocycles. The highest BCUT2D eigenvalue weighted by Crippen LogP contribution is 2.33. The van der Waals surface area contributed by atoms with Crippen LogP contribution in [-0.2, 0) is 16.6 Å². The number of benzene rings is 3. The highest BCUT2D eigenvalue weighted by molar-refractivity contribution is 7.89. The molecule has 3 aromatic rings. The maximum atomic E-state index is 11.4. The average molecular weight is 542 g/mol. The van der Waals surface area contributed by atoms with Crippen molar-refractivity contribution in [1.82, 2.24) is 4.90 Å². The lowest BCUT2D eigenvalue weighted by Gasteiger charge is -2.33. The molecule has 8 nitrogen and oxygen atoms in total. The van der Waals surface area contributed by atoms with E-state index in [0.29, 0.717) is 17.0 Å². The maximum absolute atomic E-state index is 11.4. The van der Waals surface area contributed by atoms with Gasteiger partial charge in [-0.3, -0.25) is 4.90 Å². The number of rotatable bonds is 7. The van der Waals surface area contributed by atoms with Crippen LogP contribution < -0.4 is 20.9 Å². The molecule has 3 aromatic carbocycles. The molecule has 1 heterocycles. The lowest BCUT2D eigenvalue weighted by Crippen LogP contribution is -2.38. The Morgan fingerprint density at radius 2 is 1.68 bits per heavy atom. The molecule has 0 aromatic heterocycles. The largest absolute Gasteiger partial charge is 0.457 e. The SMILES string of the molecule is Cc1cc(C#N)cc(C)c1Oc1ccc(N)c(NC2CCN(Cc3ccc(S(N)(=O)=O)cc3)CC2)c1.Cl. The molecule has 0 radical (unpaired) electrons. The summed E-state index contributed by atoms with van der Waals surface area (Å²) >= 11 is 0. The minimum absolute atomic E-state index is 0. The number of nitrogen functional groups attached to an aromatic ring is 1. The van der Waals surface area contributed by atoms with Gasteiger partial charge in [-0.05, 0) is 79.8 Å². The van der Waals surface area contributed by atoms with Crippen LogP contribution in [0.5, 0.6) is 11.5 Å². The van der Waals surface area contributed by atoms with E-state index in [4.69, 9.17) is 15.6 Å². The van der Waals surface area contributed by atoms with Gasteiger partial charge < -0.3 is 15.8 Å². The van der Waals surface area contributed by atoms with E-state index in [1.165, 1.54) is 0 Å². The van der Waals surface area contributed by atoms with E-state index in [-0.39, 0.29) is 23.3 Å². The number of hydrogen-bond donors (Lipinski definition) is 3. The number of piperidine rings is 1. The second-order valence-corrected chi connectivity index (χ2v) is 10.8. The molecule has 0 saturated carbocycles. The highest BCUT2D eigenvalue weighted by atomic mass is 35.5. The predicted octanol–water partition coefficient (Wildman–Crippen LogP) is 4.70. The van der Waals surface area contributed by atoms with Gasteiger partial charge in [-0.15, -0.1) is 12.4 Å². The van der Waals surface area contributed by atoms with E-state index in [2.05, 4.69) is 16.3 Å². The fraction of sp³-hybridized carbons (Fsp3) is 0.296. The summed E-state index contributed by atoms with van der Waals surface area (Å²) in [5, 5.41) is 17.9. The molecule has 1 fully saturated rings. The smallest absolute Gasteiger partial charge is 0.238 e. The lowest BCUT2D eigenvalue weighted by atomic mass is 10.0. The van der Waals surface area contributed by atoms with Crippen molar-refractivity contribution < 1.29 is 13.2 Å². The molecular weight excluding hydrogens is 510 g/mol. The third-order valence-corrected chi connectivity index (χ3v) is 7.37. The predicted molar refractivity (Wildman–Crippen MR) is 149 cm³/mol. The van der Waals surface area contributed by atoms with Gasteiger partial charge in [0, 0.05) is 31.7 Å². The number of hydrogen-bond acceptors (Lipinski definition) is 7. The fourth-order valence-electron chi connectivity index (χ4n) is 4.52. The van der Waals surface area contributed by atoms with Crippen LogP contribution in [0, 0.1) is 25.2 Å². The zero-order valence-corrected chi connectivity index (χ0v) is 22.5. The summed E-state index contributed by atoms with van der Waals surface area (Å²) in [5.74, 6) is 1.43. The molecule has 10 heteroatoms. The van der Waals surface area contributed by atoms with E-state index in [9.17, 15) is 13.7 Å². The first-order valence-electron chi connectivity index (χ1n) is 11.8. The van der Waals surface area contributed by atoms with Crippen LogP contribution >= 0.6 is 12.4 Å². The van der Waals surface area contributed by atoms with Crippen molar-refractivity contribution in [2.24, 2.45) is 5.14 Å². The van der Waals surface area contributed by atoms with Gasteiger partial charge in [-0.2, -0.15) is 5.26 Å². The van der Waals surface area contributed by atoms with Gasteiger partial charge in [0.25, 0.3) is 0 Å². The first kappa shape index (κ1) is 28.3. The summed E-state index contributed by atoms with van der Waals surface area (Å²) < 4.78 is 29.1. The zero-order chi connectivity index (χ0) is 25.9. The molecule has 0 amide bonds. The molecule has 196 valence electrons. The summed E-state index contributed by atoms with van der Waals surface area (Å²) in [6, 6.07) is 18.4. The van der Waals surface area contributed by atoms with Crippen molar-refractivity contribution in [3.8, 4) is 17.6 Å². The number of primary sulfonamides is 1. The first-order valence-corrected chi connectivity index (χ1v) is 13.4. The Kier molecular flexibility index (Phi) is 9.05. The van der Waals surface area contributed by atoms with Gasteiger partial charge in [-0.1, -0.05) is 12.1 Å². The van der Waals surface area contributed by atoms with E-state index in [1.54, 1.807) is 12.1 Å². The van der Waals surface area contributed by atoms with Crippen molar-refractivity contribution in [3.63, 3.8) is 0 Å². The number of nitrogens with zero attached hydrogens (tertiary/aromatic N) is 2. The van der Waals surface area contributed by atoms with Gasteiger partial charge in [0.05, 0.1) is 27.9 Å². The average Bonchev–Trinajstić information content (AvgIpc) is 2.84. The third-order valence-electron chi connectivity index (χ3n) is 6.44. The Hall–Kier alpha value is -3.29. The van der Waals surface area contributed by atoms with Gasteiger partial charge in [-0.25, -0.2) is 13.6 Å². The van der Waals surface area contributed by atoms with Gasteiger partial charge in [0.2, 0.25) is 10.0 Å². The number of ether oxygens (including phenoxy) is 1. The van der Waals surface area contributed by atoms with Crippen LogP contribution in [0.25, 0.3) is 0 Å². The molecule has 0 unspecified atom stereocenters. The summed E-state index contributed by atoms with van der Waals surface area (Å²) in [5.41, 5.74) is 11.2. The van der Waals surface area contributed by atoms with Crippen LogP contribution in [-0.4, -0.2) is 32.4 Å². The van der Waals surface area contributed by atoms with E-state index in [0.717, 1.165) is 60.6 Å². The Bertz CT molecular complexity index is 1370. The minimum atomic E-state index is -3.67. The van der Waals surface area contributed by atoms with Crippen molar-refractivity contribution in [3.05, 3.63) is 76.9 Å². The molecule has 37 heavy (non-hydrogen) atoms. The number of sulfonamides is 1. The number of nitrogens with two attached hydrogens (primary N) is 2. The van der Waals surface area contributed by atoms with Crippen molar-refractivity contribution in [1.29, 1.82) is 5.26 Å². The summed E-state index contributed by atoms with van der Waals surface area (Å²) in [6.07, 6.45) is 1.90. The first-order chi connectivity index (χ1) is 17.1. The van der Waals surface area contributed by atoms with Crippen LogP contribution in [0.2, 0.25) is 0 Å². The number of halogens is 1. The maximum Gasteiger partial charge on any atom is 0.238 e. The van der Waals surface area contributed by atoms with Gasteiger partial charge in [0.15, 0.2) is 0 Å². The topological polar surface area (TPSA) is 134 Å². The molecule has 0 atom stereocenters. The van der Waals surface area contributed by atoms with Gasteiger partial charge in [0.1, 0.15) is 11.5 Å². The molecule has 0 bridgehead atoms. The van der Waals surface area contributed by atoms with Crippen LogP contribution in [0.4, 0.5) is 11.4 Å². The van der Waals surface area contributed by atoms with E-state index >= 15 is 0 Å². The number of nitriles is 1. The number of anilines is 2. The Morgan fingerprint density at radius 3 is 2.24 bits per heavy atom. The standard InChI is InChI=1S/C27H31N5O3S.ClH/c1-18-13-21(16-28)14-19(2)27(18)35-23-5-8-25(29)26(15-23)31-22-9-11-32(12-10-22)17-20-3-6-24(7-4-20)36(30,33)34;/h3-8,13-15,22,31H,9-12,17,29H2,1-2H3,(H2,30,33,34);1H. The summed E-state index contributed by atoms with van der Waals surface area (Å²) in [7, 11) is -3.67. The van der Waals surface area contributed by atoms with Crippen LogP contribution in [0.1, 0.15) is 35.1 Å². The molecule has 4 rings (SSSR count). The van der Waals surface area contributed by atoms with Crippen molar-refractivity contribution >= 4 is 33.8 Å². The van der Waals surface area contributed by atoms with Gasteiger partial charge >= 0.3 is 0 Å². The van der Waals surface area contributed by atoms with Crippen LogP contribution in [0.3, 0.4) is 0 Å². The molecular formula is C27H32ClN5O3S.